The first kappa shape index (κ1) is 15.9. The first-order valence-corrected chi connectivity index (χ1v) is 7.46. The van der Waals surface area contributed by atoms with Crippen LogP contribution in [0.25, 0.3) is 0 Å². The van der Waals surface area contributed by atoms with Gasteiger partial charge in [-0.05, 0) is 12.1 Å². The molecule has 1 aliphatic rings. The number of hydrogen-bond acceptors (Lipinski definition) is 6. The largest absolute Gasteiger partial charge is 0.487 e. The molecule has 0 radical (unpaired) electrons. The zero-order valence-corrected chi connectivity index (χ0v) is 12.7. The Hall–Kier alpha value is -2.95. The molecule has 1 aromatic heterocycles. The lowest BCUT2D eigenvalue weighted by Gasteiger charge is -2.33. The van der Waals surface area contributed by atoms with Gasteiger partial charge in [0.15, 0.2) is 17.4 Å². The third-order valence-corrected chi connectivity index (χ3v) is 3.83. The lowest BCUT2D eigenvalue weighted by atomic mass is 10.1. The fourth-order valence-electron chi connectivity index (χ4n) is 2.63. The maximum Gasteiger partial charge on any atom is 0.234 e. The number of hydrogen-bond donors (Lipinski definition) is 1. The summed E-state index contributed by atoms with van der Waals surface area (Å²) in [4.78, 5) is 9.90. The van der Waals surface area contributed by atoms with Crippen LogP contribution < -0.4 is 15.4 Å². The average Bonchev–Trinajstić information content (AvgIpc) is 2.59. The highest BCUT2D eigenvalue weighted by Crippen LogP contribution is 2.26. The standard InChI is InChI=1S/C16H15F2N5O/c17-10-1-2-14(12(18)7-10)24-11-3-5-23(6-4-11)16-13(20)9-21-15(8-19)22-16/h1-2,7,9,11H,3-6,20H2. The third-order valence-electron chi connectivity index (χ3n) is 3.83. The van der Waals surface area contributed by atoms with Crippen LogP contribution in [0.15, 0.2) is 24.4 Å². The summed E-state index contributed by atoms with van der Waals surface area (Å²) in [5.41, 5.74) is 6.28. The molecule has 3 rings (SSSR count). The minimum absolute atomic E-state index is 0.0446. The molecule has 0 spiro atoms. The van der Waals surface area contributed by atoms with E-state index in [2.05, 4.69) is 9.97 Å². The first-order valence-electron chi connectivity index (χ1n) is 7.46. The van der Waals surface area contributed by atoms with Gasteiger partial charge in [-0.25, -0.2) is 13.8 Å². The van der Waals surface area contributed by atoms with Crippen molar-refractivity contribution in [2.45, 2.75) is 18.9 Å². The van der Waals surface area contributed by atoms with E-state index in [1.54, 1.807) is 0 Å². The molecule has 1 aliphatic heterocycles. The Balaban J connectivity index is 1.65. The van der Waals surface area contributed by atoms with E-state index in [1.807, 2.05) is 11.0 Å². The summed E-state index contributed by atoms with van der Waals surface area (Å²) in [6.07, 6.45) is 2.49. The van der Waals surface area contributed by atoms with Gasteiger partial charge in [0.1, 0.15) is 18.0 Å². The van der Waals surface area contributed by atoms with Gasteiger partial charge in [-0.2, -0.15) is 10.2 Å². The molecule has 0 bridgehead atoms. The number of nitrogens with zero attached hydrogens (tertiary/aromatic N) is 4. The highest BCUT2D eigenvalue weighted by Gasteiger charge is 2.24. The molecular formula is C16H15F2N5O. The molecular weight excluding hydrogens is 316 g/mol. The molecule has 0 atom stereocenters. The Morgan fingerprint density at radius 1 is 1.29 bits per heavy atom. The maximum absolute atomic E-state index is 13.6. The predicted octanol–water partition coefficient (Wildman–Crippen LogP) is 2.26. The monoisotopic (exact) mass is 331 g/mol. The molecule has 2 N–H and O–H groups in total. The van der Waals surface area contributed by atoms with E-state index in [0.717, 1.165) is 6.07 Å². The number of nitrogens with two attached hydrogens (primary N) is 1. The summed E-state index contributed by atoms with van der Waals surface area (Å²) in [6, 6.07) is 5.14. The van der Waals surface area contributed by atoms with Crippen molar-refractivity contribution in [3.05, 3.63) is 41.9 Å². The molecule has 0 unspecified atom stereocenters. The number of aromatic nitrogens is 2. The summed E-state index contributed by atoms with van der Waals surface area (Å²) < 4.78 is 32.2. The van der Waals surface area contributed by atoms with Gasteiger partial charge in [-0.15, -0.1) is 0 Å². The van der Waals surface area contributed by atoms with Crippen LogP contribution in [0, 0.1) is 23.0 Å². The molecule has 6 nitrogen and oxygen atoms in total. The molecule has 1 saturated heterocycles. The number of piperidine rings is 1. The van der Waals surface area contributed by atoms with Crippen molar-refractivity contribution < 1.29 is 13.5 Å². The lowest BCUT2D eigenvalue weighted by molar-refractivity contribution is 0.163. The van der Waals surface area contributed by atoms with Crippen molar-refractivity contribution in [3.8, 4) is 11.8 Å². The third kappa shape index (κ3) is 3.35. The van der Waals surface area contributed by atoms with Gasteiger partial charge in [0.25, 0.3) is 0 Å². The van der Waals surface area contributed by atoms with Crippen molar-refractivity contribution in [1.82, 2.24) is 9.97 Å². The second-order valence-corrected chi connectivity index (χ2v) is 5.46. The fourth-order valence-corrected chi connectivity index (χ4v) is 2.63. The van der Waals surface area contributed by atoms with Gasteiger partial charge in [-0.1, -0.05) is 0 Å². The molecule has 8 heteroatoms. The van der Waals surface area contributed by atoms with E-state index in [1.165, 1.54) is 18.3 Å². The van der Waals surface area contributed by atoms with Crippen LogP contribution in [0.1, 0.15) is 18.7 Å². The van der Waals surface area contributed by atoms with Gasteiger partial charge in [0.05, 0.1) is 11.9 Å². The van der Waals surface area contributed by atoms with Crippen LogP contribution >= 0.6 is 0 Å². The lowest BCUT2D eigenvalue weighted by Crippen LogP contribution is -2.39. The number of nitrogen functional groups attached to an aromatic ring is 1. The fraction of sp³-hybridized carbons (Fsp3) is 0.312. The number of rotatable bonds is 3. The Bertz CT molecular complexity index is 785. The molecule has 0 amide bonds. The molecule has 24 heavy (non-hydrogen) atoms. The van der Waals surface area contributed by atoms with Crippen LogP contribution in [-0.4, -0.2) is 29.2 Å². The van der Waals surface area contributed by atoms with Crippen LogP contribution in [0.2, 0.25) is 0 Å². The van der Waals surface area contributed by atoms with Gasteiger partial charge in [0, 0.05) is 32.0 Å². The number of anilines is 2. The topological polar surface area (TPSA) is 88.1 Å². The number of benzene rings is 1. The predicted molar refractivity (Wildman–Crippen MR) is 83.4 cm³/mol. The second kappa shape index (κ2) is 6.66. The Morgan fingerprint density at radius 3 is 2.71 bits per heavy atom. The average molecular weight is 331 g/mol. The summed E-state index contributed by atoms with van der Waals surface area (Å²) in [5.74, 6) is -0.722. The van der Waals surface area contributed by atoms with Crippen molar-refractivity contribution in [3.63, 3.8) is 0 Å². The van der Waals surface area contributed by atoms with Crippen LogP contribution in [0.4, 0.5) is 20.3 Å². The van der Waals surface area contributed by atoms with E-state index in [4.69, 9.17) is 15.7 Å². The van der Waals surface area contributed by atoms with Gasteiger partial charge >= 0.3 is 0 Å². The summed E-state index contributed by atoms with van der Waals surface area (Å²) in [6.45, 7) is 1.19. The van der Waals surface area contributed by atoms with Crippen LogP contribution in [0.5, 0.6) is 5.75 Å². The number of ether oxygens (including phenoxy) is 1. The van der Waals surface area contributed by atoms with E-state index >= 15 is 0 Å². The van der Waals surface area contributed by atoms with Gasteiger partial charge in [0.2, 0.25) is 5.82 Å². The normalized spacial score (nSPS) is 15.1. The quantitative estimate of drug-likeness (QED) is 0.928. The maximum atomic E-state index is 13.6. The van der Waals surface area contributed by atoms with Crippen molar-refractivity contribution in [2.24, 2.45) is 0 Å². The Kier molecular flexibility index (Phi) is 4.42. The number of halogens is 2. The minimum Gasteiger partial charge on any atom is -0.487 e. The van der Waals surface area contributed by atoms with Crippen molar-refractivity contribution >= 4 is 11.5 Å². The Labute approximate surface area is 137 Å². The Morgan fingerprint density at radius 2 is 2.04 bits per heavy atom. The van der Waals surface area contributed by atoms with E-state index < -0.39 is 11.6 Å². The van der Waals surface area contributed by atoms with Crippen molar-refractivity contribution in [1.29, 1.82) is 5.26 Å². The molecule has 2 aromatic rings. The molecule has 1 fully saturated rings. The molecule has 1 aromatic carbocycles. The highest BCUT2D eigenvalue weighted by atomic mass is 19.1. The molecule has 0 saturated carbocycles. The smallest absolute Gasteiger partial charge is 0.234 e. The second-order valence-electron chi connectivity index (χ2n) is 5.46. The summed E-state index contributed by atoms with van der Waals surface area (Å²) in [5, 5.41) is 8.89. The van der Waals surface area contributed by atoms with Gasteiger partial charge < -0.3 is 15.4 Å². The van der Waals surface area contributed by atoms with Crippen LogP contribution in [-0.2, 0) is 0 Å². The first-order chi connectivity index (χ1) is 11.6. The van der Waals surface area contributed by atoms with E-state index in [0.29, 0.717) is 37.4 Å². The number of nitriles is 1. The minimum atomic E-state index is -0.712. The zero-order chi connectivity index (χ0) is 17.1. The highest BCUT2D eigenvalue weighted by molar-refractivity contribution is 5.62. The van der Waals surface area contributed by atoms with Crippen LogP contribution in [0.3, 0.4) is 0 Å². The summed E-state index contributed by atoms with van der Waals surface area (Å²) in [7, 11) is 0. The summed E-state index contributed by atoms with van der Waals surface area (Å²) >= 11 is 0. The molecule has 0 aliphatic carbocycles. The van der Waals surface area contributed by atoms with Gasteiger partial charge in [-0.3, -0.25) is 0 Å². The molecule has 124 valence electrons. The van der Waals surface area contributed by atoms with Crippen molar-refractivity contribution in [2.75, 3.05) is 23.7 Å². The zero-order valence-electron chi connectivity index (χ0n) is 12.7. The molecule has 2 heterocycles. The van der Waals surface area contributed by atoms with E-state index in [-0.39, 0.29) is 17.7 Å². The van der Waals surface area contributed by atoms with E-state index in [9.17, 15) is 8.78 Å². The SMILES string of the molecule is N#Cc1ncc(N)c(N2CCC(Oc3ccc(F)cc3F)CC2)n1.